The lowest BCUT2D eigenvalue weighted by Gasteiger charge is -2.33. The van der Waals surface area contributed by atoms with E-state index in [2.05, 4.69) is 4.90 Å². The molecule has 1 aliphatic heterocycles. The average molecular weight is 326 g/mol. The molecule has 0 spiro atoms. The van der Waals surface area contributed by atoms with Crippen molar-refractivity contribution in [3.63, 3.8) is 0 Å². The molecule has 0 atom stereocenters. The van der Waals surface area contributed by atoms with E-state index >= 15 is 0 Å². The first kappa shape index (κ1) is 14.8. The molecule has 0 saturated carbocycles. The van der Waals surface area contributed by atoms with Crippen LogP contribution in [0.4, 0.5) is 0 Å². The molecule has 1 fully saturated rings. The van der Waals surface area contributed by atoms with Crippen LogP contribution in [0, 0.1) is 6.92 Å². The van der Waals surface area contributed by atoms with Gasteiger partial charge in [0, 0.05) is 31.1 Å². The maximum Gasteiger partial charge on any atom is 0.252 e. The fourth-order valence-electron chi connectivity index (χ4n) is 2.43. The molecule has 114 valence electrons. The second-order valence-corrected chi connectivity index (χ2v) is 8.58. The lowest BCUT2D eigenvalue weighted by Crippen LogP contribution is -2.47. The van der Waals surface area contributed by atoms with Gasteiger partial charge in [-0.15, -0.1) is 11.3 Å². The van der Waals surface area contributed by atoms with Crippen LogP contribution in [-0.4, -0.2) is 43.8 Å². The number of nitrogens with zero attached hydrogens (tertiary/aromatic N) is 2. The molecule has 7 heteroatoms. The smallest absolute Gasteiger partial charge is 0.252 e. The highest BCUT2D eigenvalue weighted by molar-refractivity contribution is 7.91. The fourth-order valence-corrected chi connectivity index (χ4v) is 5.29. The van der Waals surface area contributed by atoms with Crippen molar-refractivity contribution in [3.05, 3.63) is 41.2 Å². The molecule has 3 heterocycles. The van der Waals surface area contributed by atoms with E-state index in [1.54, 1.807) is 16.6 Å². The summed E-state index contributed by atoms with van der Waals surface area (Å²) in [5, 5.41) is 0. The van der Waals surface area contributed by atoms with Gasteiger partial charge in [0.25, 0.3) is 10.0 Å². The van der Waals surface area contributed by atoms with Crippen molar-refractivity contribution in [3.8, 4) is 0 Å². The minimum Gasteiger partial charge on any atom is -0.468 e. The second kappa shape index (κ2) is 5.92. The van der Waals surface area contributed by atoms with Crippen molar-refractivity contribution in [2.75, 3.05) is 26.2 Å². The van der Waals surface area contributed by atoms with E-state index in [-0.39, 0.29) is 0 Å². The lowest BCUT2D eigenvalue weighted by molar-refractivity contribution is 0.171. The summed E-state index contributed by atoms with van der Waals surface area (Å²) in [4.78, 5) is 3.23. The van der Waals surface area contributed by atoms with Gasteiger partial charge in [0.2, 0.25) is 0 Å². The van der Waals surface area contributed by atoms with Gasteiger partial charge in [0.15, 0.2) is 0 Å². The quantitative estimate of drug-likeness (QED) is 0.864. The Hall–Kier alpha value is -1.15. The Bertz CT molecular complexity index is 684. The van der Waals surface area contributed by atoms with Gasteiger partial charge in [-0.2, -0.15) is 4.31 Å². The van der Waals surface area contributed by atoms with E-state index < -0.39 is 10.0 Å². The molecular formula is C14H18N2O3S2. The van der Waals surface area contributed by atoms with Gasteiger partial charge < -0.3 is 4.42 Å². The summed E-state index contributed by atoms with van der Waals surface area (Å²) in [7, 11) is -3.32. The van der Waals surface area contributed by atoms with Gasteiger partial charge in [-0.1, -0.05) is 0 Å². The van der Waals surface area contributed by atoms with Crippen molar-refractivity contribution in [1.29, 1.82) is 0 Å². The molecule has 5 nitrogen and oxygen atoms in total. The normalized spacial score (nSPS) is 18.1. The monoisotopic (exact) mass is 326 g/mol. The number of hydrogen-bond acceptors (Lipinski definition) is 5. The molecule has 0 aliphatic carbocycles. The van der Waals surface area contributed by atoms with Gasteiger partial charge in [-0.25, -0.2) is 8.42 Å². The number of rotatable bonds is 4. The molecule has 1 saturated heterocycles. The number of aryl methyl sites for hydroxylation is 1. The molecule has 0 bridgehead atoms. The average Bonchev–Trinajstić information content (AvgIpc) is 3.11. The second-order valence-electron chi connectivity index (χ2n) is 5.12. The van der Waals surface area contributed by atoms with Gasteiger partial charge in [-0.3, -0.25) is 4.90 Å². The molecular weight excluding hydrogens is 308 g/mol. The summed E-state index contributed by atoms with van der Waals surface area (Å²) in [6, 6.07) is 7.36. The zero-order valence-corrected chi connectivity index (χ0v) is 13.5. The van der Waals surface area contributed by atoms with Crippen molar-refractivity contribution < 1.29 is 12.8 Å². The Labute approximate surface area is 128 Å². The van der Waals surface area contributed by atoms with Gasteiger partial charge in [0.05, 0.1) is 12.8 Å². The third kappa shape index (κ3) is 3.21. The van der Waals surface area contributed by atoms with Gasteiger partial charge >= 0.3 is 0 Å². The van der Waals surface area contributed by atoms with Crippen LogP contribution >= 0.6 is 11.3 Å². The van der Waals surface area contributed by atoms with Crippen LogP contribution < -0.4 is 0 Å². The van der Waals surface area contributed by atoms with Gasteiger partial charge in [0.1, 0.15) is 9.97 Å². The fraction of sp³-hybridized carbons (Fsp3) is 0.429. The largest absolute Gasteiger partial charge is 0.468 e. The minimum atomic E-state index is -3.32. The van der Waals surface area contributed by atoms with Crippen LogP contribution in [0.15, 0.2) is 39.2 Å². The molecule has 0 unspecified atom stereocenters. The predicted octanol–water partition coefficient (Wildman–Crippen LogP) is 2.16. The van der Waals surface area contributed by atoms with E-state index in [1.165, 1.54) is 11.3 Å². The van der Waals surface area contributed by atoms with Crippen LogP contribution in [0.2, 0.25) is 0 Å². The van der Waals surface area contributed by atoms with Crippen molar-refractivity contribution >= 4 is 21.4 Å². The zero-order chi connectivity index (χ0) is 14.9. The first-order valence-electron chi connectivity index (χ1n) is 6.87. The summed E-state index contributed by atoms with van der Waals surface area (Å²) in [6.07, 6.45) is 1.66. The minimum absolute atomic E-state index is 0.444. The molecule has 0 N–H and O–H groups in total. The zero-order valence-electron chi connectivity index (χ0n) is 11.9. The van der Waals surface area contributed by atoms with Crippen molar-refractivity contribution in [1.82, 2.24) is 9.21 Å². The number of sulfonamides is 1. The molecule has 2 aromatic heterocycles. The number of thiophene rings is 1. The Morgan fingerprint density at radius 2 is 1.95 bits per heavy atom. The molecule has 1 aliphatic rings. The maximum absolute atomic E-state index is 12.5. The summed E-state index contributed by atoms with van der Waals surface area (Å²) >= 11 is 1.33. The Morgan fingerprint density at radius 3 is 2.52 bits per heavy atom. The Kier molecular flexibility index (Phi) is 4.17. The number of furan rings is 1. The standard InChI is InChI=1S/C14H18N2O3S2/c1-12-4-5-14(20-12)21(17,18)16-8-6-15(7-9-16)11-13-3-2-10-19-13/h2-5,10H,6-9,11H2,1H3. The van der Waals surface area contributed by atoms with Crippen LogP contribution in [0.25, 0.3) is 0 Å². The summed E-state index contributed by atoms with van der Waals surface area (Å²) in [5.41, 5.74) is 0. The third-order valence-electron chi connectivity index (χ3n) is 3.60. The summed E-state index contributed by atoms with van der Waals surface area (Å²) in [6.45, 7) is 5.17. The van der Waals surface area contributed by atoms with Gasteiger partial charge in [-0.05, 0) is 31.2 Å². The van der Waals surface area contributed by atoms with E-state index in [1.807, 2.05) is 25.1 Å². The lowest BCUT2D eigenvalue weighted by atomic mass is 10.3. The number of piperazine rings is 1. The van der Waals surface area contributed by atoms with E-state index in [0.717, 1.165) is 30.3 Å². The van der Waals surface area contributed by atoms with E-state index in [9.17, 15) is 8.42 Å². The summed E-state index contributed by atoms with van der Waals surface area (Å²) in [5.74, 6) is 0.917. The molecule has 21 heavy (non-hydrogen) atoms. The Morgan fingerprint density at radius 1 is 1.19 bits per heavy atom. The van der Waals surface area contributed by atoms with Crippen molar-refractivity contribution in [2.24, 2.45) is 0 Å². The van der Waals surface area contributed by atoms with Crippen LogP contribution in [0.5, 0.6) is 0 Å². The molecule has 3 rings (SSSR count). The van der Waals surface area contributed by atoms with E-state index in [4.69, 9.17) is 4.42 Å². The highest BCUT2D eigenvalue weighted by atomic mass is 32.2. The third-order valence-corrected chi connectivity index (χ3v) is 6.97. The van der Waals surface area contributed by atoms with Crippen LogP contribution in [0.1, 0.15) is 10.6 Å². The number of hydrogen-bond donors (Lipinski definition) is 0. The highest BCUT2D eigenvalue weighted by Crippen LogP contribution is 2.25. The highest BCUT2D eigenvalue weighted by Gasteiger charge is 2.29. The Balaban J connectivity index is 1.63. The predicted molar refractivity (Wildman–Crippen MR) is 81.8 cm³/mol. The SMILES string of the molecule is Cc1ccc(S(=O)(=O)N2CCN(Cc3ccco3)CC2)s1. The molecule has 0 radical (unpaired) electrons. The molecule has 2 aromatic rings. The van der Waals surface area contributed by atoms with Crippen LogP contribution in [0.3, 0.4) is 0 Å². The molecule has 0 aromatic carbocycles. The van der Waals surface area contributed by atoms with E-state index in [0.29, 0.717) is 17.3 Å². The molecule has 0 amide bonds. The maximum atomic E-state index is 12.5. The summed E-state index contributed by atoms with van der Waals surface area (Å²) < 4.78 is 32.4. The first-order chi connectivity index (χ1) is 10.1. The topological polar surface area (TPSA) is 53.8 Å². The van der Waals surface area contributed by atoms with Crippen LogP contribution in [-0.2, 0) is 16.6 Å². The first-order valence-corrected chi connectivity index (χ1v) is 9.13. The van der Waals surface area contributed by atoms with Crippen molar-refractivity contribution in [2.45, 2.75) is 17.7 Å².